The Morgan fingerprint density at radius 1 is 1.07 bits per heavy atom. The van der Waals surface area contributed by atoms with Gasteiger partial charge < -0.3 is 20.1 Å². The Morgan fingerprint density at radius 3 is 2.34 bits per heavy atom. The number of amides is 2. The topological polar surface area (TPSA) is 76.7 Å². The fourth-order valence-electron chi connectivity index (χ4n) is 2.80. The lowest BCUT2D eigenvalue weighted by Crippen LogP contribution is -2.44. The SMILES string of the molecule is CCOc1ccc(NC(=O)[C@@H](CC(C)C)NC(=O)c2ccc(Cl)cc2)cc1OC. The molecule has 0 aromatic heterocycles. The Balaban J connectivity index is 2.14. The Hall–Kier alpha value is -2.73. The van der Waals surface area contributed by atoms with Crippen LogP contribution >= 0.6 is 11.6 Å². The van der Waals surface area contributed by atoms with E-state index in [1.54, 1.807) is 42.5 Å². The van der Waals surface area contributed by atoms with Crippen LogP contribution in [0.1, 0.15) is 37.6 Å². The standard InChI is InChI=1S/C22H27ClN2O4/c1-5-29-19-11-10-17(13-20(19)28-4)24-22(27)18(12-14(2)3)25-21(26)15-6-8-16(23)9-7-15/h6-11,13-14,18H,5,12H2,1-4H3,(H,24,27)(H,25,26)/t18-/m1/s1. The first-order chi connectivity index (χ1) is 13.8. The number of halogens is 1. The molecule has 0 bridgehead atoms. The van der Waals surface area contributed by atoms with Gasteiger partial charge in [0.2, 0.25) is 5.91 Å². The van der Waals surface area contributed by atoms with Crippen molar-refractivity contribution in [2.75, 3.05) is 19.0 Å². The van der Waals surface area contributed by atoms with Gasteiger partial charge in [0.25, 0.3) is 5.91 Å². The lowest BCUT2D eigenvalue weighted by molar-refractivity contribution is -0.118. The van der Waals surface area contributed by atoms with Crippen LogP contribution in [-0.4, -0.2) is 31.6 Å². The van der Waals surface area contributed by atoms with Crippen LogP contribution in [0.3, 0.4) is 0 Å². The molecular formula is C22H27ClN2O4. The Kier molecular flexibility index (Phi) is 8.34. The van der Waals surface area contributed by atoms with Crippen molar-refractivity contribution in [3.8, 4) is 11.5 Å². The van der Waals surface area contributed by atoms with E-state index in [1.807, 2.05) is 20.8 Å². The molecule has 2 aromatic carbocycles. The first-order valence-electron chi connectivity index (χ1n) is 9.52. The molecule has 2 rings (SSSR count). The van der Waals surface area contributed by atoms with Crippen molar-refractivity contribution in [2.45, 2.75) is 33.2 Å². The van der Waals surface area contributed by atoms with Crippen molar-refractivity contribution in [3.05, 3.63) is 53.1 Å². The van der Waals surface area contributed by atoms with Crippen molar-refractivity contribution >= 4 is 29.1 Å². The lowest BCUT2D eigenvalue weighted by atomic mass is 10.0. The van der Waals surface area contributed by atoms with Gasteiger partial charge >= 0.3 is 0 Å². The van der Waals surface area contributed by atoms with E-state index in [2.05, 4.69) is 10.6 Å². The van der Waals surface area contributed by atoms with Crippen molar-refractivity contribution in [1.82, 2.24) is 5.32 Å². The third-order valence-corrected chi connectivity index (χ3v) is 4.42. The van der Waals surface area contributed by atoms with Crippen LogP contribution in [0, 0.1) is 5.92 Å². The Labute approximate surface area is 176 Å². The molecule has 0 aliphatic carbocycles. The molecule has 1 atom stereocenters. The zero-order valence-corrected chi connectivity index (χ0v) is 17.9. The van der Waals surface area contributed by atoms with Crippen molar-refractivity contribution < 1.29 is 19.1 Å². The van der Waals surface area contributed by atoms with E-state index in [-0.39, 0.29) is 17.7 Å². The van der Waals surface area contributed by atoms with Gasteiger partial charge in [-0.1, -0.05) is 25.4 Å². The average Bonchev–Trinajstić information content (AvgIpc) is 2.68. The van der Waals surface area contributed by atoms with Crippen molar-refractivity contribution in [2.24, 2.45) is 5.92 Å². The van der Waals surface area contributed by atoms with Crippen LogP contribution in [0.4, 0.5) is 5.69 Å². The number of methoxy groups -OCH3 is 1. The molecule has 2 aromatic rings. The number of hydrogen-bond acceptors (Lipinski definition) is 4. The molecule has 0 fully saturated rings. The molecule has 7 heteroatoms. The van der Waals surface area contributed by atoms with Crippen LogP contribution < -0.4 is 20.1 Å². The zero-order chi connectivity index (χ0) is 21.4. The summed E-state index contributed by atoms with van der Waals surface area (Å²) >= 11 is 5.87. The Morgan fingerprint density at radius 2 is 1.76 bits per heavy atom. The molecule has 156 valence electrons. The minimum Gasteiger partial charge on any atom is -0.493 e. The highest BCUT2D eigenvalue weighted by Crippen LogP contribution is 2.30. The van der Waals surface area contributed by atoms with Crippen LogP contribution in [0.5, 0.6) is 11.5 Å². The lowest BCUT2D eigenvalue weighted by Gasteiger charge is -2.21. The third kappa shape index (κ3) is 6.68. The zero-order valence-electron chi connectivity index (χ0n) is 17.1. The van der Waals surface area contributed by atoms with E-state index in [0.717, 1.165) is 0 Å². The Bertz CT molecular complexity index is 837. The quantitative estimate of drug-likeness (QED) is 0.627. The molecular weight excluding hydrogens is 392 g/mol. The molecule has 0 aliphatic rings. The maximum Gasteiger partial charge on any atom is 0.251 e. The summed E-state index contributed by atoms with van der Waals surface area (Å²) in [6, 6.07) is 11.0. The fraction of sp³-hybridized carbons (Fsp3) is 0.364. The van der Waals surface area contributed by atoms with Gasteiger partial charge in [0.1, 0.15) is 6.04 Å². The fourth-order valence-corrected chi connectivity index (χ4v) is 2.92. The summed E-state index contributed by atoms with van der Waals surface area (Å²) < 4.78 is 10.8. The van der Waals surface area contributed by atoms with E-state index in [0.29, 0.717) is 40.8 Å². The summed E-state index contributed by atoms with van der Waals surface area (Å²) in [5.41, 5.74) is 1.00. The number of rotatable bonds is 9. The van der Waals surface area contributed by atoms with Gasteiger partial charge in [-0.15, -0.1) is 0 Å². The van der Waals surface area contributed by atoms with Crippen molar-refractivity contribution in [1.29, 1.82) is 0 Å². The van der Waals surface area contributed by atoms with Crippen LogP contribution in [0.2, 0.25) is 5.02 Å². The van der Waals surface area contributed by atoms with E-state index >= 15 is 0 Å². The number of benzene rings is 2. The summed E-state index contributed by atoms with van der Waals surface area (Å²) in [7, 11) is 1.54. The van der Waals surface area contributed by atoms with E-state index in [1.165, 1.54) is 7.11 Å². The average molecular weight is 419 g/mol. The van der Waals surface area contributed by atoms with Gasteiger partial charge in [0.05, 0.1) is 13.7 Å². The third-order valence-electron chi connectivity index (χ3n) is 4.17. The molecule has 0 radical (unpaired) electrons. The molecule has 0 spiro atoms. The highest BCUT2D eigenvalue weighted by Gasteiger charge is 2.23. The van der Waals surface area contributed by atoms with E-state index in [9.17, 15) is 9.59 Å². The van der Waals surface area contributed by atoms with E-state index < -0.39 is 6.04 Å². The second kappa shape index (κ2) is 10.7. The maximum atomic E-state index is 12.9. The number of carbonyl (C=O) groups excluding carboxylic acids is 2. The predicted molar refractivity (Wildman–Crippen MR) is 115 cm³/mol. The summed E-state index contributed by atoms with van der Waals surface area (Å²) in [4.78, 5) is 25.4. The number of ether oxygens (including phenoxy) is 2. The number of carbonyl (C=O) groups is 2. The molecule has 0 unspecified atom stereocenters. The molecule has 0 saturated heterocycles. The molecule has 29 heavy (non-hydrogen) atoms. The second-order valence-corrected chi connectivity index (χ2v) is 7.39. The van der Waals surface area contributed by atoms with Gasteiger partial charge in [-0.05, 0) is 55.7 Å². The van der Waals surface area contributed by atoms with Gasteiger partial charge in [-0.3, -0.25) is 9.59 Å². The van der Waals surface area contributed by atoms with Gasteiger partial charge in [-0.25, -0.2) is 0 Å². The van der Waals surface area contributed by atoms with Gasteiger partial charge in [0.15, 0.2) is 11.5 Å². The second-order valence-electron chi connectivity index (χ2n) is 6.95. The summed E-state index contributed by atoms with van der Waals surface area (Å²) in [6.45, 7) is 6.38. The minimum absolute atomic E-state index is 0.214. The summed E-state index contributed by atoms with van der Waals surface area (Å²) in [5.74, 6) is 0.711. The molecule has 2 amide bonds. The van der Waals surface area contributed by atoms with Gasteiger partial charge in [-0.2, -0.15) is 0 Å². The maximum absolute atomic E-state index is 12.9. The summed E-state index contributed by atoms with van der Waals surface area (Å²) in [6.07, 6.45) is 0.499. The predicted octanol–water partition coefficient (Wildman–Crippen LogP) is 4.53. The summed E-state index contributed by atoms with van der Waals surface area (Å²) in [5, 5.41) is 6.21. The normalized spacial score (nSPS) is 11.7. The smallest absolute Gasteiger partial charge is 0.251 e. The molecule has 0 saturated carbocycles. The monoisotopic (exact) mass is 418 g/mol. The van der Waals surface area contributed by atoms with Crippen molar-refractivity contribution in [3.63, 3.8) is 0 Å². The first-order valence-corrected chi connectivity index (χ1v) is 9.90. The van der Waals surface area contributed by atoms with Crippen LogP contribution in [0.25, 0.3) is 0 Å². The van der Waals surface area contributed by atoms with Crippen LogP contribution in [0.15, 0.2) is 42.5 Å². The molecule has 0 heterocycles. The molecule has 0 aliphatic heterocycles. The number of anilines is 1. The van der Waals surface area contributed by atoms with Crippen LogP contribution in [-0.2, 0) is 4.79 Å². The van der Waals surface area contributed by atoms with Gasteiger partial charge in [0, 0.05) is 22.3 Å². The van der Waals surface area contributed by atoms with E-state index in [4.69, 9.17) is 21.1 Å². The highest BCUT2D eigenvalue weighted by molar-refractivity contribution is 6.30. The molecule has 2 N–H and O–H groups in total. The largest absolute Gasteiger partial charge is 0.493 e. The molecule has 6 nitrogen and oxygen atoms in total. The number of nitrogens with one attached hydrogen (secondary N) is 2. The number of hydrogen-bond donors (Lipinski definition) is 2. The highest BCUT2D eigenvalue weighted by atomic mass is 35.5. The first kappa shape index (κ1) is 22.6. The minimum atomic E-state index is -0.684.